The summed E-state index contributed by atoms with van der Waals surface area (Å²) in [5.41, 5.74) is 1.54. The Morgan fingerprint density at radius 2 is 2.21 bits per heavy atom. The van der Waals surface area contributed by atoms with Gasteiger partial charge in [0.25, 0.3) is 0 Å². The molecule has 0 amide bonds. The van der Waals surface area contributed by atoms with Gasteiger partial charge in [0, 0.05) is 6.42 Å². The summed E-state index contributed by atoms with van der Waals surface area (Å²) in [6.45, 7) is 3.73. The van der Waals surface area contributed by atoms with Gasteiger partial charge in [-0.2, -0.15) is 0 Å². The number of hydrogen-bond donors (Lipinski definition) is 2. The third-order valence-electron chi connectivity index (χ3n) is 1.97. The maximum Gasteiger partial charge on any atom is 0.303 e. The van der Waals surface area contributed by atoms with E-state index in [-0.39, 0.29) is 12.8 Å². The normalized spacial score (nSPS) is 12.4. The van der Waals surface area contributed by atoms with Gasteiger partial charge in [-0.3, -0.25) is 4.79 Å². The Bertz CT molecular complexity index is 320. The number of rotatable bonds is 4. The summed E-state index contributed by atoms with van der Waals surface area (Å²) in [5.74, 6) is -0.894. The molecule has 0 saturated carbocycles. The van der Waals surface area contributed by atoms with E-state index in [0.717, 1.165) is 11.1 Å². The van der Waals surface area contributed by atoms with Gasteiger partial charge in [-0.15, -0.1) is 0 Å². The van der Waals surface area contributed by atoms with Crippen molar-refractivity contribution in [3.8, 4) is 0 Å². The van der Waals surface area contributed by atoms with E-state index in [4.69, 9.17) is 5.11 Å². The largest absolute Gasteiger partial charge is 0.481 e. The summed E-state index contributed by atoms with van der Waals surface area (Å²) in [6, 6.07) is 7.14. The predicted molar refractivity (Wildman–Crippen MR) is 52.7 cm³/mol. The van der Waals surface area contributed by atoms with Gasteiger partial charge >= 0.3 is 5.97 Å². The first kappa shape index (κ1) is 10.7. The van der Waals surface area contributed by atoms with Crippen LogP contribution in [0.2, 0.25) is 0 Å². The van der Waals surface area contributed by atoms with Crippen molar-refractivity contribution < 1.29 is 15.0 Å². The molecule has 0 saturated heterocycles. The third kappa shape index (κ3) is 3.18. The van der Waals surface area contributed by atoms with Gasteiger partial charge < -0.3 is 10.2 Å². The van der Waals surface area contributed by atoms with Gasteiger partial charge in [0.1, 0.15) is 0 Å². The summed E-state index contributed by atoms with van der Waals surface area (Å²) in [4.78, 5) is 10.3. The number of carboxylic acids is 1. The Labute approximate surface area is 83.0 Å². The standard InChI is InChI=1S/C11H13O3/c1-8-3-2-4-9(7-8)10(12)5-6-11(13)14/h2-4,7,10,12H,1,5-6H2,(H,13,14). The maximum absolute atomic E-state index is 10.3. The highest BCUT2D eigenvalue weighted by molar-refractivity contribution is 5.66. The number of benzene rings is 1. The van der Waals surface area contributed by atoms with Gasteiger partial charge in [0.2, 0.25) is 0 Å². The molecular formula is C11H13O3. The SMILES string of the molecule is [CH2]c1cccc(C(O)CCC(=O)O)c1. The first-order chi connectivity index (χ1) is 6.59. The fraction of sp³-hybridized carbons (Fsp3) is 0.273. The Morgan fingerprint density at radius 3 is 2.79 bits per heavy atom. The predicted octanol–water partition coefficient (Wildman–Crippen LogP) is 1.77. The second-order valence-electron chi connectivity index (χ2n) is 3.19. The zero-order chi connectivity index (χ0) is 10.6. The molecule has 0 heterocycles. The van der Waals surface area contributed by atoms with Gasteiger partial charge in [-0.05, 0) is 24.5 Å². The lowest BCUT2D eigenvalue weighted by molar-refractivity contribution is -0.137. The zero-order valence-corrected chi connectivity index (χ0v) is 7.81. The smallest absolute Gasteiger partial charge is 0.303 e. The second kappa shape index (κ2) is 4.77. The molecule has 2 N–H and O–H groups in total. The summed E-state index contributed by atoms with van der Waals surface area (Å²) < 4.78 is 0. The number of hydrogen-bond acceptors (Lipinski definition) is 2. The quantitative estimate of drug-likeness (QED) is 0.766. The van der Waals surface area contributed by atoms with Gasteiger partial charge in [0.15, 0.2) is 0 Å². The lowest BCUT2D eigenvalue weighted by Gasteiger charge is -2.09. The molecule has 1 rings (SSSR count). The van der Waals surface area contributed by atoms with Gasteiger partial charge in [-0.1, -0.05) is 24.3 Å². The van der Waals surface area contributed by atoms with Gasteiger partial charge in [0.05, 0.1) is 6.10 Å². The Kier molecular flexibility index (Phi) is 3.65. The van der Waals surface area contributed by atoms with Crippen molar-refractivity contribution in [1.29, 1.82) is 0 Å². The van der Waals surface area contributed by atoms with Crippen LogP contribution >= 0.6 is 0 Å². The van der Waals surface area contributed by atoms with Crippen molar-refractivity contribution in [2.24, 2.45) is 0 Å². The number of carbonyl (C=O) groups is 1. The number of carboxylic acid groups (broad SMARTS) is 1. The van der Waals surface area contributed by atoms with Crippen molar-refractivity contribution in [1.82, 2.24) is 0 Å². The zero-order valence-electron chi connectivity index (χ0n) is 7.81. The van der Waals surface area contributed by atoms with Crippen molar-refractivity contribution in [3.05, 3.63) is 42.3 Å². The molecule has 0 bridgehead atoms. The number of aliphatic hydroxyl groups excluding tert-OH is 1. The maximum atomic E-state index is 10.3. The molecule has 0 aliphatic heterocycles. The van der Waals surface area contributed by atoms with E-state index in [1.165, 1.54) is 0 Å². The van der Waals surface area contributed by atoms with E-state index in [2.05, 4.69) is 6.92 Å². The molecule has 1 unspecified atom stereocenters. The highest BCUT2D eigenvalue weighted by Crippen LogP contribution is 2.18. The molecule has 14 heavy (non-hydrogen) atoms. The highest BCUT2D eigenvalue weighted by atomic mass is 16.4. The topological polar surface area (TPSA) is 57.5 Å². The van der Waals surface area contributed by atoms with Gasteiger partial charge in [-0.25, -0.2) is 0 Å². The molecular weight excluding hydrogens is 180 g/mol. The van der Waals surface area contributed by atoms with Crippen LogP contribution in [0.1, 0.15) is 30.1 Å². The lowest BCUT2D eigenvalue weighted by atomic mass is 10.0. The summed E-state index contributed by atoms with van der Waals surface area (Å²) in [5, 5.41) is 18.0. The van der Waals surface area contributed by atoms with E-state index in [0.29, 0.717) is 0 Å². The van der Waals surface area contributed by atoms with Crippen molar-refractivity contribution >= 4 is 5.97 Å². The Morgan fingerprint density at radius 1 is 1.50 bits per heavy atom. The summed E-state index contributed by atoms with van der Waals surface area (Å²) >= 11 is 0. The lowest BCUT2D eigenvalue weighted by Crippen LogP contribution is -2.02. The summed E-state index contributed by atoms with van der Waals surface area (Å²) in [7, 11) is 0. The molecule has 0 spiro atoms. The summed E-state index contributed by atoms with van der Waals surface area (Å²) in [6.07, 6.45) is -0.505. The van der Waals surface area contributed by atoms with E-state index in [1.807, 2.05) is 6.07 Å². The molecule has 0 fully saturated rings. The molecule has 0 aliphatic rings. The van der Waals surface area contributed by atoms with Crippen LogP contribution in [-0.4, -0.2) is 16.2 Å². The van der Waals surface area contributed by atoms with E-state index in [1.54, 1.807) is 18.2 Å². The Hall–Kier alpha value is -1.35. The average Bonchev–Trinajstić information content (AvgIpc) is 2.14. The first-order valence-electron chi connectivity index (χ1n) is 4.41. The van der Waals surface area contributed by atoms with Crippen LogP contribution in [0.15, 0.2) is 24.3 Å². The molecule has 3 nitrogen and oxygen atoms in total. The van der Waals surface area contributed by atoms with Crippen molar-refractivity contribution in [2.75, 3.05) is 0 Å². The fourth-order valence-electron chi connectivity index (χ4n) is 1.23. The number of aliphatic hydroxyl groups is 1. The fourth-order valence-corrected chi connectivity index (χ4v) is 1.23. The minimum atomic E-state index is -0.894. The molecule has 1 atom stereocenters. The molecule has 1 radical (unpaired) electrons. The molecule has 1 aromatic rings. The Balaban J connectivity index is 2.60. The molecule has 1 aromatic carbocycles. The second-order valence-corrected chi connectivity index (χ2v) is 3.19. The number of aliphatic carboxylic acids is 1. The van der Waals surface area contributed by atoms with E-state index >= 15 is 0 Å². The molecule has 0 aromatic heterocycles. The van der Waals surface area contributed by atoms with Crippen LogP contribution in [0.3, 0.4) is 0 Å². The minimum Gasteiger partial charge on any atom is -0.481 e. The van der Waals surface area contributed by atoms with E-state index < -0.39 is 12.1 Å². The van der Waals surface area contributed by atoms with Crippen LogP contribution in [0.5, 0.6) is 0 Å². The third-order valence-corrected chi connectivity index (χ3v) is 1.97. The highest BCUT2D eigenvalue weighted by Gasteiger charge is 2.09. The average molecular weight is 193 g/mol. The minimum absolute atomic E-state index is 0.0253. The van der Waals surface area contributed by atoms with Crippen molar-refractivity contribution in [2.45, 2.75) is 18.9 Å². The van der Waals surface area contributed by atoms with Crippen molar-refractivity contribution in [3.63, 3.8) is 0 Å². The first-order valence-corrected chi connectivity index (χ1v) is 4.41. The monoisotopic (exact) mass is 193 g/mol. The van der Waals surface area contributed by atoms with Crippen LogP contribution in [0.4, 0.5) is 0 Å². The van der Waals surface area contributed by atoms with Crippen LogP contribution in [0.25, 0.3) is 0 Å². The van der Waals surface area contributed by atoms with Crippen LogP contribution in [-0.2, 0) is 4.79 Å². The van der Waals surface area contributed by atoms with E-state index in [9.17, 15) is 9.90 Å². The molecule has 0 aliphatic carbocycles. The van der Waals surface area contributed by atoms with Crippen LogP contribution in [0, 0.1) is 6.92 Å². The molecule has 3 heteroatoms. The molecule has 75 valence electrons. The van der Waals surface area contributed by atoms with Crippen LogP contribution < -0.4 is 0 Å².